The second-order valence-corrected chi connectivity index (χ2v) is 4.64. The number of phenols is 1. The van der Waals surface area contributed by atoms with Crippen LogP contribution in [0.5, 0.6) is 5.75 Å². The Bertz CT molecular complexity index is 715. The number of nitrogens with two attached hydrogens (primary N) is 1. The highest BCUT2D eigenvalue weighted by Crippen LogP contribution is 2.23. The zero-order chi connectivity index (χ0) is 15.2. The molecule has 0 atom stereocenters. The van der Waals surface area contributed by atoms with Crippen molar-refractivity contribution in [3.05, 3.63) is 58.6 Å². The molecule has 0 aliphatic carbocycles. The fraction of sp³-hybridized carbons (Fsp3) is 0.0625. The van der Waals surface area contributed by atoms with Crippen LogP contribution in [-0.4, -0.2) is 17.6 Å². The first kappa shape index (κ1) is 14.9. The minimum absolute atomic E-state index is 0.159. The lowest BCUT2D eigenvalue weighted by Crippen LogP contribution is -2.11. The quantitative estimate of drug-likeness (QED) is 0.746. The van der Waals surface area contributed by atoms with Crippen LogP contribution < -0.4 is 11.1 Å². The van der Waals surface area contributed by atoms with Crippen LogP contribution in [0, 0.1) is 11.8 Å². The minimum atomic E-state index is -0.412. The van der Waals surface area contributed by atoms with Gasteiger partial charge in [0.15, 0.2) is 0 Å². The largest absolute Gasteiger partial charge is 0.507 e. The van der Waals surface area contributed by atoms with E-state index in [4.69, 9.17) is 17.3 Å². The van der Waals surface area contributed by atoms with Crippen LogP contribution in [0.15, 0.2) is 42.5 Å². The Morgan fingerprint density at radius 2 is 1.95 bits per heavy atom. The number of amides is 1. The summed E-state index contributed by atoms with van der Waals surface area (Å²) in [6.45, 7) is 0.300. The van der Waals surface area contributed by atoms with Gasteiger partial charge in [-0.05, 0) is 42.5 Å². The van der Waals surface area contributed by atoms with Crippen molar-refractivity contribution in [2.75, 3.05) is 11.9 Å². The maximum atomic E-state index is 12.0. The average molecular weight is 301 g/mol. The van der Waals surface area contributed by atoms with Crippen molar-refractivity contribution >= 4 is 23.2 Å². The van der Waals surface area contributed by atoms with E-state index in [1.807, 2.05) is 0 Å². The van der Waals surface area contributed by atoms with E-state index in [1.165, 1.54) is 12.1 Å². The standard InChI is InChI=1S/C16H13ClN2O2/c17-12-5-8-14(15(20)10-12)16(21)19-13-6-3-11(4-7-13)2-1-9-18/h3-8,10,20H,9,18H2,(H,19,21). The highest BCUT2D eigenvalue weighted by atomic mass is 35.5. The lowest BCUT2D eigenvalue weighted by molar-refractivity contribution is 0.102. The van der Waals surface area contributed by atoms with Crippen LogP contribution in [-0.2, 0) is 0 Å². The van der Waals surface area contributed by atoms with E-state index in [2.05, 4.69) is 17.2 Å². The van der Waals surface area contributed by atoms with Crippen molar-refractivity contribution in [3.63, 3.8) is 0 Å². The van der Waals surface area contributed by atoms with Gasteiger partial charge in [0.2, 0.25) is 0 Å². The number of hydrogen-bond donors (Lipinski definition) is 3. The van der Waals surface area contributed by atoms with Crippen LogP contribution in [0.1, 0.15) is 15.9 Å². The molecule has 2 aromatic carbocycles. The summed E-state index contributed by atoms with van der Waals surface area (Å²) in [5, 5.41) is 12.8. The van der Waals surface area contributed by atoms with Gasteiger partial charge in [-0.15, -0.1) is 0 Å². The summed E-state index contributed by atoms with van der Waals surface area (Å²) in [6, 6.07) is 11.3. The Balaban J connectivity index is 2.12. The molecule has 4 nitrogen and oxygen atoms in total. The smallest absolute Gasteiger partial charge is 0.259 e. The second kappa shape index (κ2) is 6.80. The third kappa shape index (κ3) is 3.99. The van der Waals surface area contributed by atoms with Gasteiger partial charge in [0.25, 0.3) is 5.91 Å². The van der Waals surface area contributed by atoms with Crippen LogP contribution in [0.3, 0.4) is 0 Å². The molecule has 0 bridgehead atoms. The molecule has 0 heterocycles. The molecule has 0 aliphatic rings. The van der Waals surface area contributed by atoms with Crippen LogP contribution in [0.2, 0.25) is 5.02 Å². The number of halogens is 1. The van der Waals surface area contributed by atoms with Crippen molar-refractivity contribution < 1.29 is 9.90 Å². The number of carbonyl (C=O) groups is 1. The fourth-order valence-corrected chi connectivity index (χ4v) is 1.85. The summed E-state index contributed by atoms with van der Waals surface area (Å²) in [6.07, 6.45) is 0. The molecule has 0 saturated heterocycles. The number of hydrogen-bond acceptors (Lipinski definition) is 3. The summed E-state index contributed by atoms with van der Waals surface area (Å²) in [5.41, 5.74) is 6.87. The van der Waals surface area contributed by atoms with Gasteiger partial charge in [-0.1, -0.05) is 23.4 Å². The molecule has 0 saturated carbocycles. The number of aromatic hydroxyl groups is 1. The van der Waals surface area contributed by atoms with Crippen molar-refractivity contribution in [1.29, 1.82) is 0 Å². The van der Waals surface area contributed by atoms with Gasteiger partial charge in [-0.3, -0.25) is 4.79 Å². The first-order valence-corrected chi connectivity index (χ1v) is 6.57. The first-order valence-electron chi connectivity index (χ1n) is 6.19. The second-order valence-electron chi connectivity index (χ2n) is 4.20. The number of carbonyl (C=O) groups excluding carboxylic acids is 1. The van der Waals surface area contributed by atoms with E-state index in [-0.39, 0.29) is 11.3 Å². The van der Waals surface area contributed by atoms with E-state index in [9.17, 15) is 9.90 Å². The summed E-state index contributed by atoms with van der Waals surface area (Å²) in [4.78, 5) is 12.0. The maximum absolute atomic E-state index is 12.0. The molecule has 1 amide bonds. The van der Waals surface area contributed by atoms with Gasteiger partial charge in [-0.2, -0.15) is 0 Å². The Labute approximate surface area is 127 Å². The van der Waals surface area contributed by atoms with Crippen molar-refractivity contribution in [2.45, 2.75) is 0 Å². The van der Waals surface area contributed by atoms with Gasteiger partial charge in [-0.25, -0.2) is 0 Å². The van der Waals surface area contributed by atoms with Gasteiger partial charge in [0, 0.05) is 16.3 Å². The topological polar surface area (TPSA) is 75.3 Å². The summed E-state index contributed by atoms with van der Waals surface area (Å²) in [7, 11) is 0. The lowest BCUT2D eigenvalue weighted by atomic mass is 10.1. The van der Waals surface area contributed by atoms with Gasteiger partial charge < -0.3 is 16.2 Å². The Morgan fingerprint density at radius 1 is 1.24 bits per heavy atom. The highest BCUT2D eigenvalue weighted by Gasteiger charge is 2.11. The van der Waals surface area contributed by atoms with E-state index < -0.39 is 5.91 Å². The zero-order valence-electron chi connectivity index (χ0n) is 11.1. The lowest BCUT2D eigenvalue weighted by Gasteiger charge is -2.07. The normalized spacial score (nSPS) is 9.62. The van der Waals surface area contributed by atoms with E-state index in [0.717, 1.165) is 5.56 Å². The van der Waals surface area contributed by atoms with Gasteiger partial charge in [0.1, 0.15) is 5.75 Å². The summed E-state index contributed by atoms with van der Waals surface area (Å²) >= 11 is 5.73. The molecule has 0 unspecified atom stereocenters. The number of nitrogens with one attached hydrogen (secondary N) is 1. The molecule has 0 spiro atoms. The molecule has 0 aliphatic heterocycles. The molecule has 0 fully saturated rings. The number of anilines is 1. The van der Waals surface area contributed by atoms with Crippen LogP contribution in [0.25, 0.3) is 0 Å². The van der Waals surface area contributed by atoms with E-state index in [1.54, 1.807) is 30.3 Å². The summed E-state index contributed by atoms with van der Waals surface area (Å²) < 4.78 is 0. The van der Waals surface area contributed by atoms with Crippen LogP contribution >= 0.6 is 11.6 Å². The molecule has 2 rings (SSSR count). The molecule has 21 heavy (non-hydrogen) atoms. The van der Waals surface area contributed by atoms with Gasteiger partial charge >= 0.3 is 0 Å². The fourth-order valence-electron chi connectivity index (χ4n) is 1.69. The number of rotatable bonds is 2. The highest BCUT2D eigenvalue weighted by molar-refractivity contribution is 6.30. The maximum Gasteiger partial charge on any atom is 0.259 e. The number of phenolic OH excluding ortho intramolecular Hbond substituents is 1. The third-order valence-electron chi connectivity index (χ3n) is 2.68. The van der Waals surface area contributed by atoms with Crippen molar-refractivity contribution in [3.8, 4) is 17.6 Å². The Hall–Kier alpha value is -2.48. The van der Waals surface area contributed by atoms with E-state index >= 15 is 0 Å². The predicted octanol–water partition coefficient (Wildman–Crippen LogP) is 2.61. The Kier molecular flexibility index (Phi) is 4.83. The molecular weight excluding hydrogens is 288 g/mol. The van der Waals surface area contributed by atoms with E-state index in [0.29, 0.717) is 17.3 Å². The van der Waals surface area contributed by atoms with Crippen LogP contribution in [0.4, 0.5) is 5.69 Å². The molecule has 0 radical (unpaired) electrons. The monoisotopic (exact) mass is 300 g/mol. The molecule has 2 aromatic rings. The first-order chi connectivity index (χ1) is 10.1. The SMILES string of the molecule is NCC#Cc1ccc(NC(=O)c2ccc(Cl)cc2O)cc1. The molecule has 4 N–H and O–H groups in total. The minimum Gasteiger partial charge on any atom is -0.507 e. The molecule has 5 heteroatoms. The average Bonchev–Trinajstić information content (AvgIpc) is 2.46. The van der Waals surface area contributed by atoms with Crippen molar-refractivity contribution in [2.24, 2.45) is 5.73 Å². The Morgan fingerprint density at radius 3 is 2.57 bits per heavy atom. The van der Waals surface area contributed by atoms with Crippen molar-refractivity contribution in [1.82, 2.24) is 0 Å². The zero-order valence-corrected chi connectivity index (χ0v) is 11.8. The van der Waals surface area contributed by atoms with Gasteiger partial charge in [0.05, 0.1) is 12.1 Å². The molecule has 0 aromatic heterocycles. The predicted molar refractivity (Wildman–Crippen MR) is 83.4 cm³/mol. The third-order valence-corrected chi connectivity index (χ3v) is 2.92. The molecular formula is C16H13ClN2O2. The number of benzene rings is 2. The summed E-state index contributed by atoms with van der Waals surface area (Å²) in [5.74, 6) is 5.06. The molecule has 106 valence electrons.